The summed E-state index contributed by atoms with van der Waals surface area (Å²) in [6.45, 7) is 5.89. The molecule has 9 N–H and O–H groups in total. The summed E-state index contributed by atoms with van der Waals surface area (Å²) in [5, 5.41) is 45.7. The smallest absolute Gasteiger partial charge is 0.481 e. The molecule has 1 spiro atoms. The minimum absolute atomic E-state index is 0.0713. The van der Waals surface area contributed by atoms with Crippen LogP contribution in [-0.4, -0.2) is 202 Å². The van der Waals surface area contributed by atoms with Crippen molar-refractivity contribution in [1.29, 1.82) is 0 Å². The molecule has 330 valence electrons. The van der Waals surface area contributed by atoms with Crippen molar-refractivity contribution in [1.82, 2.24) is 16.0 Å². The number of likely N-dealkylation sites (N-methyl/N-ethyl adjacent to an activating group) is 1. The van der Waals surface area contributed by atoms with E-state index in [9.17, 15) is 48.9 Å². The van der Waals surface area contributed by atoms with Gasteiger partial charge in [-0.1, -0.05) is 12.8 Å². The van der Waals surface area contributed by atoms with Gasteiger partial charge in [0, 0.05) is 25.9 Å². The number of aliphatic carboxylic acids is 4. The van der Waals surface area contributed by atoms with Crippen LogP contribution in [0.2, 0.25) is 0 Å². The third kappa shape index (κ3) is 11.5. The van der Waals surface area contributed by atoms with E-state index in [4.69, 9.17) is 30.0 Å². The number of amides is 3. The number of ketones is 1. The molecule has 23 heteroatoms. The first-order chi connectivity index (χ1) is 27.8. The van der Waals surface area contributed by atoms with Gasteiger partial charge in [0.15, 0.2) is 25.4 Å². The standard InChI is InChI=1S/C34H56N8O11.2CO2/c1-39-14-16-40(18-19-42(24-30(48)49)21-20-41(17-15-39,23-29(46)47)34(39,40)42)22-25(43)8-3-2-4-9-26(35)31(50)36-12-6-5-10-27(32(51)52)38-33(53)37-13-7-11-28(44)45;2*2-1-3/h26-27H,2-24,35H2,1H3,(H3-4,36,37,38,44,45,46,47,48,49,50,51,52,53);;/p+4/t26-,27+,34+,39?,40+,41?,42?;;/m1../s1. The van der Waals surface area contributed by atoms with Crippen LogP contribution < -0.4 is 21.7 Å². The minimum atomic E-state index is -1.20. The van der Waals surface area contributed by atoms with Gasteiger partial charge in [0.2, 0.25) is 5.91 Å². The van der Waals surface area contributed by atoms with Crippen molar-refractivity contribution in [3.05, 3.63) is 0 Å². The van der Waals surface area contributed by atoms with Gasteiger partial charge in [0.25, 0.3) is 0 Å². The van der Waals surface area contributed by atoms with E-state index < -0.39 is 47.9 Å². The molecule has 0 aromatic carbocycles. The van der Waals surface area contributed by atoms with Gasteiger partial charge in [-0.15, -0.1) is 8.97 Å². The lowest BCUT2D eigenvalue weighted by molar-refractivity contribution is -1.36. The SMILES string of the molecule is C[N+]12CC[N+]3(CC(=O)O)CC[N+]4(CC(=O)O)CC[N@+](CC(=O)CCCCC[C@@H](N)C(=O)NCCCC[C@H](NC(=O)NCCCC(=O)O)C(=O)O)(CC1)[C@@]234.O=C=O.O=C=O. The molecule has 0 aromatic heterocycles. The topological polar surface area (TPSA) is 331 Å². The Morgan fingerprint density at radius 3 is 1.58 bits per heavy atom. The number of nitrogens with one attached hydrogen (secondary N) is 3. The molecular formula is C36H60N8O15+4. The molecule has 59 heavy (non-hydrogen) atoms. The average molecular weight is 845 g/mol. The van der Waals surface area contributed by atoms with Crippen LogP contribution in [0.5, 0.6) is 0 Å². The largest absolute Gasteiger partial charge is 0.482 e. The van der Waals surface area contributed by atoms with Crippen LogP contribution in [0.1, 0.15) is 64.2 Å². The molecule has 4 rings (SSSR count). The van der Waals surface area contributed by atoms with Crippen LogP contribution in [0.15, 0.2) is 0 Å². The second-order valence-corrected chi connectivity index (χ2v) is 16.0. The minimum Gasteiger partial charge on any atom is -0.481 e. The third-order valence-corrected chi connectivity index (χ3v) is 12.4. The van der Waals surface area contributed by atoms with Crippen molar-refractivity contribution in [2.75, 3.05) is 92.1 Å². The van der Waals surface area contributed by atoms with Gasteiger partial charge in [-0.25, -0.2) is 19.2 Å². The van der Waals surface area contributed by atoms with E-state index in [0.717, 1.165) is 19.6 Å². The van der Waals surface area contributed by atoms with Crippen LogP contribution in [-0.2, 0) is 47.9 Å². The summed E-state index contributed by atoms with van der Waals surface area (Å²) in [6, 6.07) is -2.57. The maximum Gasteiger partial charge on any atom is 0.482 e. The lowest BCUT2D eigenvalue weighted by atomic mass is 10.0. The van der Waals surface area contributed by atoms with Gasteiger partial charge in [0.05, 0.1) is 13.1 Å². The molecule has 0 bridgehead atoms. The van der Waals surface area contributed by atoms with Crippen molar-refractivity contribution < 1.29 is 91.1 Å². The molecule has 4 heterocycles. The maximum absolute atomic E-state index is 13.7. The first kappa shape index (κ1) is 50.0. The molecule has 0 aliphatic carbocycles. The number of carboxylic acids is 4. The first-order valence-electron chi connectivity index (χ1n) is 19.7. The van der Waals surface area contributed by atoms with E-state index in [-0.39, 0.29) is 76.0 Å². The van der Waals surface area contributed by atoms with E-state index in [2.05, 4.69) is 23.0 Å². The van der Waals surface area contributed by atoms with E-state index in [1.165, 1.54) is 0 Å². The summed E-state index contributed by atoms with van der Waals surface area (Å²) in [5.74, 6) is -4.93. The Morgan fingerprint density at radius 2 is 1.08 bits per heavy atom. The van der Waals surface area contributed by atoms with E-state index in [1.54, 1.807) is 0 Å². The monoisotopic (exact) mass is 844 g/mol. The number of unbranched alkanes of at least 4 members (excludes halogenated alkanes) is 3. The zero-order valence-corrected chi connectivity index (χ0v) is 33.6. The van der Waals surface area contributed by atoms with Crippen molar-refractivity contribution in [2.24, 2.45) is 5.73 Å². The molecule has 0 aromatic rings. The molecule has 7 atom stereocenters. The fourth-order valence-electron chi connectivity index (χ4n) is 10.6. The molecule has 23 nitrogen and oxygen atoms in total. The molecule has 4 fully saturated rings. The second kappa shape index (κ2) is 22.3. The van der Waals surface area contributed by atoms with Crippen molar-refractivity contribution >= 4 is 53.9 Å². The van der Waals surface area contributed by atoms with Crippen LogP contribution in [0.4, 0.5) is 4.79 Å². The summed E-state index contributed by atoms with van der Waals surface area (Å²) in [5.41, 5.74) is 6.10. The molecular weight excluding hydrogens is 784 g/mol. The van der Waals surface area contributed by atoms with Crippen molar-refractivity contribution in [3.8, 4) is 0 Å². The normalized spacial score (nSPS) is 27.7. The Labute approximate surface area is 340 Å². The summed E-state index contributed by atoms with van der Waals surface area (Å²) >= 11 is 0. The van der Waals surface area contributed by atoms with Crippen LogP contribution in [0, 0.1) is 0 Å². The fraction of sp³-hybridized carbons (Fsp3) is 0.750. The maximum atomic E-state index is 13.7. The molecule has 4 saturated heterocycles. The van der Waals surface area contributed by atoms with Crippen molar-refractivity contribution in [2.45, 2.75) is 82.2 Å². The Bertz CT molecular complexity index is 1580. The van der Waals surface area contributed by atoms with Gasteiger partial charge in [-0.2, -0.15) is 28.1 Å². The Morgan fingerprint density at radius 1 is 0.610 bits per heavy atom. The number of nitrogens with zero attached hydrogens (tertiary/aromatic N) is 4. The zero-order chi connectivity index (χ0) is 44.5. The molecule has 4 aliphatic rings. The van der Waals surface area contributed by atoms with Gasteiger partial charge < -0.3 is 42.1 Å². The number of carbonyl (C=O) groups excluding carboxylic acids is 7. The number of hydrogen-bond donors (Lipinski definition) is 8. The van der Waals surface area contributed by atoms with Gasteiger partial charge in [0.1, 0.15) is 58.4 Å². The van der Waals surface area contributed by atoms with Crippen molar-refractivity contribution in [3.63, 3.8) is 0 Å². The molecule has 4 aliphatic heterocycles. The number of nitrogens with two attached hydrogens (primary N) is 1. The highest BCUT2D eigenvalue weighted by Gasteiger charge is 2.98. The number of carbonyl (C=O) groups is 7. The van der Waals surface area contributed by atoms with Gasteiger partial charge in [-0.05, 0) is 38.5 Å². The van der Waals surface area contributed by atoms with E-state index in [1.807, 2.05) is 0 Å². The highest BCUT2D eigenvalue weighted by molar-refractivity contribution is 5.82. The Balaban J connectivity index is 0.00000188. The lowest BCUT2D eigenvalue weighted by Gasteiger charge is -2.49. The first-order valence-corrected chi connectivity index (χ1v) is 19.7. The van der Waals surface area contributed by atoms with Gasteiger partial charge in [-0.3, -0.25) is 14.4 Å². The van der Waals surface area contributed by atoms with Crippen LogP contribution in [0.3, 0.4) is 0 Å². The predicted molar refractivity (Wildman–Crippen MR) is 196 cm³/mol. The highest BCUT2D eigenvalue weighted by atomic mass is 16.4. The number of quaternary nitrogens is 4. The summed E-state index contributed by atoms with van der Waals surface area (Å²) in [7, 11) is 2.14. The van der Waals surface area contributed by atoms with Crippen LogP contribution >= 0.6 is 0 Å². The molecule has 0 saturated carbocycles. The molecule has 0 radical (unpaired) electrons. The Kier molecular flexibility index (Phi) is 18.9. The number of carboxylic acid groups (broad SMARTS) is 4. The Hall–Kier alpha value is -5.15. The number of rotatable bonds is 24. The quantitative estimate of drug-likeness (QED) is 0.0362. The summed E-state index contributed by atoms with van der Waals surface area (Å²) in [6.07, 6.45) is 4.36. The number of Topliss-reactive ketones (excluding diaryl/α,β-unsaturated/α-hetero) is 1. The van der Waals surface area contributed by atoms with Gasteiger partial charge >= 0.3 is 48.1 Å². The zero-order valence-electron chi connectivity index (χ0n) is 33.6. The molecule has 3 unspecified atom stereocenters. The third-order valence-electron chi connectivity index (χ3n) is 12.4. The lowest BCUT2D eigenvalue weighted by Crippen LogP contribution is -2.85. The van der Waals surface area contributed by atoms with E-state index in [0.29, 0.717) is 95.6 Å². The van der Waals surface area contributed by atoms with E-state index >= 15 is 0 Å². The number of hydrogen-bond acceptors (Lipinski definition) is 12. The fourth-order valence-corrected chi connectivity index (χ4v) is 10.6. The molecule has 3 amide bonds. The summed E-state index contributed by atoms with van der Waals surface area (Å²) in [4.78, 5) is 117. The summed E-state index contributed by atoms with van der Waals surface area (Å²) < 4.78 is 1.71. The highest BCUT2D eigenvalue weighted by Crippen LogP contribution is 2.61. The van der Waals surface area contributed by atoms with Crippen LogP contribution in [0.25, 0.3) is 0 Å². The number of urea groups is 1. The second-order valence-electron chi connectivity index (χ2n) is 16.0. The predicted octanol–water partition coefficient (Wildman–Crippen LogP) is -2.70. The average Bonchev–Trinajstić information content (AvgIpc) is 3.77.